The average Bonchev–Trinajstić information content (AvgIpc) is 3.39. The first-order chi connectivity index (χ1) is 14.7. The third-order valence-electron chi connectivity index (χ3n) is 4.94. The number of hydrogen-bond acceptors (Lipinski definition) is 5. The molecule has 0 fully saturated rings. The van der Waals surface area contributed by atoms with Crippen LogP contribution < -0.4 is 10.7 Å². The van der Waals surface area contributed by atoms with Crippen molar-refractivity contribution in [3.63, 3.8) is 0 Å². The minimum atomic E-state index is -0.0389. The van der Waals surface area contributed by atoms with E-state index in [-0.39, 0.29) is 5.43 Å². The molecule has 0 aliphatic rings. The molecule has 0 aliphatic heterocycles. The first kappa shape index (κ1) is 17.9. The van der Waals surface area contributed by atoms with E-state index in [4.69, 9.17) is 0 Å². The van der Waals surface area contributed by atoms with E-state index in [9.17, 15) is 4.79 Å². The van der Waals surface area contributed by atoms with Crippen molar-refractivity contribution in [1.29, 1.82) is 0 Å². The number of aromatic nitrogens is 6. The van der Waals surface area contributed by atoms with Gasteiger partial charge in [-0.15, -0.1) is 0 Å². The number of benzene rings is 1. The van der Waals surface area contributed by atoms with Crippen molar-refractivity contribution in [2.45, 2.75) is 6.54 Å². The van der Waals surface area contributed by atoms with Crippen LogP contribution in [0, 0.1) is 0 Å². The summed E-state index contributed by atoms with van der Waals surface area (Å²) in [6, 6.07) is 13.3. The molecule has 5 aromatic rings. The molecule has 0 amide bonds. The minimum absolute atomic E-state index is 0.0389. The highest BCUT2D eigenvalue weighted by atomic mass is 16.1. The number of imidazole rings is 1. The number of anilines is 1. The molecule has 1 aromatic carbocycles. The lowest BCUT2D eigenvalue weighted by Crippen LogP contribution is -2.03. The molecule has 2 N–H and O–H groups in total. The summed E-state index contributed by atoms with van der Waals surface area (Å²) in [6.45, 7) is 0.643. The molecular weight excluding hydrogens is 378 g/mol. The van der Waals surface area contributed by atoms with E-state index < -0.39 is 0 Å². The molecular formula is C22H19N7O. The monoisotopic (exact) mass is 397 g/mol. The van der Waals surface area contributed by atoms with Crippen LogP contribution in [0.1, 0.15) is 5.56 Å². The highest BCUT2D eigenvalue weighted by Gasteiger charge is 2.08. The summed E-state index contributed by atoms with van der Waals surface area (Å²) in [7, 11) is 1.91. The lowest BCUT2D eigenvalue weighted by Gasteiger charge is -2.08. The van der Waals surface area contributed by atoms with E-state index in [1.54, 1.807) is 16.9 Å². The van der Waals surface area contributed by atoms with Gasteiger partial charge in [0.15, 0.2) is 5.43 Å². The van der Waals surface area contributed by atoms with Crippen molar-refractivity contribution in [2.75, 3.05) is 5.32 Å². The van der Waals surface area contributed by atoms with Gasteiger partial charge in [0, 0.05) is 55.9 Å². The topological polar surface area (TPSA) is 92.9 Å². The number of hydrogen-bond donors (Lipinski definition) is 2. The number of aromatic amines is 1. The van der Waals surface area contributed by atoms with Crippen LogP contribution in [0.3, 0.4) is 0 Å². The number of nitrogens with one attached hydrogen (secondary N) is 2. The van der Waals surface area contributed by atoms with Gasteiger partial charge in [0.2, 0.25) is 0 Å². The Bertz CT molecular complexity index is 1380. The second-order valence-electron chi connectivity index (χ2n) is 7.03. The van der Waals surface area contributed by atoms with Gasteiger partial charge in [0.05, 0.1) is 17.6 Å². The van der Waals surface area contributed by atoms with Gasteiger partial charge in [-0.3, -0.25) is 13.9 Å². The fraction of sp³-hybridized carbons (Fsp3) is 0.0909. The Morgan fingerprint density at radius 1 is 1.07 bits per heavy atom. The Morgan fingerprint density at radius 2 is 1.93 bits per heavy atom. The zero-order valence-corrected chi connectivity index (χ0v) is 16.3. The van der Waals surface area contributed by atoms with Crippen LogP contribution in [-0.4, -0.2) is 29.1 Å². The zero-order chi connectivity index (χ0) is 20.5. The smallest absolute Gasteiger partial charge is 0.183 e. The molecule has 148 valence electrons. The van der Waals surface area contributed by atoms with Gasteiger partial charge in [-0.25, -0.2) is 9.97 Å². The minimum Gasteiger partial charge on any atom is -0.366 e. The molecule has 0 spiro atoms. The van der Waals surface area contributed by atoms with Crippen LogP contribution in [0.4, 0.5) is 5.82 Å². The van der Waals surface area contributed by atoms with Crippen LogP contribution in [0.25, 0.3) is 28.2 Å². The number of nitrogens with zero attached hydrogens (tertiary/aromatic N) is 5. The molecule has 30 heavy (non-hydrogen) atoms. The molecule has 0 saturated heterocycles. The van der Waals surface area contributed by atoms with Gasteiger partial charge in [-0.2, -0.15) is 5.10 Å². The van der Waals surface area contributed by atoms with Gasteiger partial charge < -0.3 is 10.3 Å². The van der Waals surface area contributed by atoms with Crippen LogP contribution in [0.2, 0.25) is 0 Å². The van der Waals surface area contributed by atoms with E-state index in [1.807, 2.05) is 36.1 Å². The number of H-pyrrole nitrogens is 1. The van der Waals surface area contributed by atoms with Crippen LogP contribution in [0.15, 0.2) is 78.4 Å². The lowest BCUT2D eigenvalue weighted by atomic mass is 10.1. The van der Waals surface area contributed by atoms with E-state index in [2.05, 4.69) is 49.6 Å². The maximum absolute atomic E-state index is 11.5. The maximum Gasteiger partial charge on any atom is 0.183 e. The van der Waals surface area contributed by atoms with Crippen molar-refractivity contribution in [3.05, 3.63) is 89.4 Å². The molecule has 0 unspecified atom stereocenters. The first-order valence-corrected chi connectivity index (χ1v) is 9.50. The Labute approximate surface area is 171 Å². The highest BCUT2D eigenvalue weighted by Crippen LogP contribution is 2.21. The van der Waals surface area contributed by atoms with E-state index >= 15 is 0 Å². The van der Waals surface area contributed by atoms with Gasteiger partial charge in [-0.1, -0.05) is 24.3 Å². The standard InChI is InChI=1S/C22H19N7O/c1-28-13-17(11-27-28)16-4-2-15(3-5-16)10-23-21-9-19(25-14-26-21)20-12-24-22-8-18(30)6-7-29(20)22/h2-9,11-14,24H,10H2,1H3,(H,23,25,26). The van der Waals surface area contributed by atoms with Gasteiger partial charge in [0.1, 0.15) is 17.8 Å². The van der Waals surface area contributed by atoms with E-state index in [0.717, 1.165) is 39.5 Å². The molecule has 4 heterocycles. The normalized spacial score (nSPS) is 11.1. The average molecular weight is 397 g/mol. The molecule has 5 rings (SSSR count). The van der Waals surface area contributed by atoms with Gasteiger partial charge >= 0.3 is 0 Å². The van der Waals surface area contributed by atoms with Crippen LogP contribution in [0.5, 0.6) is 0 Å². The Kier molecular flexibility index (Phi) is 4.36. The van der Waals surface area contributed by atoms with Crippen molar-refractivity contribution < 1.29 is 0 Å². The Balaban J connectivity index is 1.33. The summed E-state index contributed by atoms with van der Waals surface area (Å²) in [5.41, 5.74) is 5.67. The predicted octanol–water partition coefficient (Wildman–Crippen LogP) is 3.10. The van der Waals surface area contributed by atoms with Crippen molar-refractivity contribution in [1.82, 2.24) is 29.1 Å². The van der Waals surface area contributed by atoms with Crippen LogP contribution >= 0.6 is 0 Å². The van der Waals surface area contributed by atoms with Crippen molar-refractivity contribution in [2.24, 2.45) is 7.05 Å². The number of aryl methyl sites for hydroxylation is 1. The fourth-order valence-electron chi connectivity index (χ4n) is 3.38. The predicted molar refractivity (Wildman–Crippen MR) is 115 cm³/mol. The Morgan fingerprint density at radius 3 is 2.73 bits per heavy atom. The Hall–Kier alpha value is -4.20. The van der Waals surface area contributed by atoms with E-state index in [1.165, 1.54) is 12.4 Å². The van der Waals surface area contributed by atoms with Crippen molar-refractivity contribution >= 4 is 11.5 Å². The second-order valence-corrected chi connectivity index (χ2v) is 7.03. The second kappa shape index (κ2) is 7.32. The molecule has 0 saturated carbocycles. The lowest BCUT2D eigenvalue weighted by molar-refractivity contribution is 0.768. The molecule has 0 radical (unpaired) electrons. The first-order valence-electron chi connectivity index (χ1n) is 9.50. The van der Waals surface area contributed by atoms with Crippen LogP contribution in [-0.2, 0) is 13.6 Å². The summed E-state index contributed by atoms with van der Waals surface area (Å²) in [6.07, 6.45) is 8.96. The molecule has 4 aromatic heterocycles. The van der Waals surface area contributed by atoms with Gasteiger partial charge in [0.25, 0.3) is 0 Å². The van der Waals surface area contributed by atoms with E-state index in [0.29, 0.717) is 6.54 Å². The molecule has 8 heteroatoms. The summed E-state index contributed by atoms with van der Waals surface area (Å²) in [4.78, 5) is 23.3. The largest absolute Gasteiger partial charge is 0.366 e. The molecule has 0 aliphatic carbocycles. The third kappa shape index (κ3) is 3.46. The number of fused-ring (bicyclic) bond motifs is 1. The molecule has 8 nitrogen and oxygen atoms in total. The summed E-state index contributed by atoms with van der Waals surface area (Å²) < 4.78 is 3.69. The molecule has 0 atom stereocenters. The summed E-state index contributed by atoms with van der Waals surface area (Å²) >= 11 is 0. The maximum atomic E-state index is 11.5. The summed E-state index contributed by atoms with van der Waals surface area (Å²) in [5.74, 6) is 0.728. The number of pyridine rings is 1. The zero-order valence-electron chi connectivity index (χ0n) is 16.3. The highest BCUT2D eigenvalue weighted by molar-refractivity contribution is 5.63. The summed E-state index contributed by atoms with van der Waals surface area (Å²) in [5, 5.41) is 7.56. The van der Waals surface area contributed by atoms with Crippen molar-refractivity contribution in [3.8, 4) is 22.5 Å². The SMILES string of the molecule is Cn1cc(-c2ccc(CNc3cc(-c4c[nH]c5cc(=O)ccn45)ncn3)cc2)cn1. The molecule has 0 bridgehead atoms. The van der Waals surface area contributed by atoms with Gasteiger partial charge in [-0.05, 0) is 11.1 Å². The third-order valence-corrected chi connectivity index (χ3v) is 4.94. The quantitative estimate of drug-likeness (QED) is 0.475. The number of rotatable bonds is 5. The fourth-order valence-corrected chi connectivity index (χ4v) is 3.38.